The number of hydrogen-bond acceptors (Lipinski definition) is 4. The highest BCUT2D eigenvalue weighted by Gasteiger charge is 2.26. The minimum Gasteiger partial charge on any atom is -0.397 e. The van der Waals surface area contributed by atoms with Crippen LogP contribution in [0.15, 0.2) is 12.3 Å². The lowest BCUT2D eigenvalue weighted by molar-refractivity contribution is 0.100. The van der Waals surface area contributed by atoms with Crippen molar-refractivity contribution < 1.29 is 4.79 Å². The summed E-state index contributed by atoms with van der Waals surface area (Å²) in [6, 6.07) is 1.60. The predicted octanol–water partition coefficient (Wildman–Crippen LogP) is 1.25. The molecule has 1 aromatic rings. The largest absolute Gasteiger partial charge is 0.397 e. The Kier molecular flexibility index (Phi) is 3.41. The van der Waals surface area contributed by atoms with Crippen LogP contribution >= 0.6 is 0 Å². The van der Waals surface area contributed by atoms with E-state index in [4.69, 9.17) is 11.5 Å². The molecule has 1 saturated heterocycles. The summed E-state index contributed by atoms with van der Waals surface area (Å²) in [5.74, 6) is 1.47. The standard InChI is InChI=1S/C13H20N4O/c1-8-3-4-17(7-9(8)2)13-11(12(15)18)5-10(14)6-16-13/h5-6,8-9H,3-4,7,14H2,1-2H3,(H2,15,18). The molecule has 0 spiro atoms. The summed E-state index contributed by atoms with van der Waals surface area (Å²) >= 11 is 0. The maximum absolute atomic E-state index is 11.5. The number of amides is 1. The zero-order chi connectivity index (χ0) is 13.3. The molecular formula is C13H20N4O. The Morgan fingerprint density at radius 3 is 2.78 bits per heavy atom. The first-order chi connectivity index (χ1) is 8.49. The second-order valence-electron chi connectivity index (χ2n) is 5.19. The summed E-state index contributed by atoms with van der Waals surface area (Å²) in [4.78, 5) is 17.9. The molecule has 1 fully saturated rings. The van der Waals surface area contributed by atoms with E-state index in [-0.39, 0.29) is 0 Å². The SMILES string of the molecule is CC1CCN(c2ncc(N)cc2C(N)=O)CC1C. The number of hydrogen-bond donors (Lipinski definition) is 2. The second-order valence-corrected chi connectivity index (χ2v) is 5.19. The first-order valence-corrected chi connectivity index (χ1v) is 6.29. The van der Waals surface area contributed by atoms with Gasteiger partial charge < -0.3 is 16.4 Å². The maximum Gasteiger partial charge on any atom is 0.252 e. The average Bonchev–Trinajstić information content (AvgIpc) is 2.32. The quantitative estimate of drug-likeness (QED) is 0.824. The van der Waals surface area contributed by atoms with Crippen LogP contribution in [0.1, 0.15) is 30.6 Å². The zero-order valence-corrected chi connectivity index (χ0v) is 10.9. The fraction of sp³-hybridized carbons (Fsp3) is 0.538. The van der Waals surface area contributed by atoms with Crippen LogP contribution in [0.3, 0.4) is 0 Å². The summed E-state index contributed by atoms with van der Waals surface area (Å²) in [5, 5.41) is 0. The molecule has 2 unspecified atom stereocenters. The third-order valence-corrected chi connectivity index (χ3v) is 3.79. The van der Waals surface area contributed by atoms with Gasteiger partial charge in [-0.25, -0.2) is 4.98 Å². The molecule has 18 heavy (non-hydrogen) atoms. The van der Waals surface area contributed by atoms with E-state index in [9.17, 15) is 4.79 Å². The van der Waals surface area contributed by atoms with Gasteiger partial charge in [0.05, 0.1) is 17.4 Å². The molecule has 2 rings (SSSR count). The van der Waals surface area contributed by atoms with Crippen LogP contribution < -0.4 is 16.4 Å². The van der Waals surface area contributed by atoms with Gasteiger partial charge in [0, 0.05) is 13.1 Å². The topological polar surface area (TPSA) is 85.2 Å². The van der Waals surface area contributed by atoms with Gasteiger partial charge in [-0.15, -0.1) is 0 Å². The number of rotatable bonds is 2. The van der Waals surface area contributed by atoms with Crippen molar-refractivity contribution in [1.82, 2.24) is 4.98 Å². The molecule has 2 heterocycles. The van der Waals surface area contributed by atoms with Gasteiger partial charge in [0.25, 0.3) is 5.91 Å². The Hall–Kier alpha value is -1.78. The van der Waals surface area contributed by atoms with Gasteiger partial charge in [0.15, 0.2) is 0 Å². The Labute approximate surface area is 107 Å². The molecule has 0 aromatic carbocycles. The number of aromatic nitrogens is 1. The average molecular weight is 248 g/mol. The van der Waals surface area contributed by atoms with Crippen molar-refractivity contribution in [2.24, 2.45) is 17.6 Å². The fourth-order valence-corrected chi connectivity index (χ4v) is 2.36. The number of carbonyl (C=O) groups is 1. The summed E-state index contributed by atoms with van der Waals surface area (Å²) in [7, 11) is 0. The molecule has 4 N–H and O–H groups in total. The first-order valence-electron chi connectivity index (χ1n) is 6.29. The Morgan fingerprint density at radius 2 is 2.17 bits per heavy atom. The zero-order valence-electron chi connectivity index (χ0n) is 10.9. The maximum atomic E-state index is 11.5. The molecular weight excluding hydrogens is 228 g/mol. The summed E-state index contributed by atoms with van der Waals surface area (Å²) in [6.07, 6.45) is 2.68. The number of carbonyl (C=O) groups excluding carboxylic acids is 1. The smallest absolute Gasteiger partial charge is 0.252 e. The third-order valence-electron chi connectivity index (χ3n) is 3.79. The van der Waals surface area contributed by atoms with Crippen LogP contribution in [0, 0.1) is 11.8 Å². The lowest BCUT2D eigenvalue weighted by atomic mass is 9.88. The van der Waals surface area contributed by atoms with Gasteiger partial charge in [-0.05, 0) is 24.3 Å². The fourth-order valence-electron chi connectivity index (χ4n) is 2.36. The Morgan fingerprint density at radius 1 is 1.44 bits per heavy atom. The van der Waals surface area contributed by atoms with Crippen LogP contribution in [-0.4, -0.2) is 24.0 Å². The molecule has 0 saturated carbocycles. The number of nitrogens with zero attached hydrogens (tertiary/aromatic N) is 2. The van der Waals surface area contributed by atoms with Crippen molar-refractivity contribution in [3.63, 3.8) is 0 Å². The third kappa shape index (κ3) is 2.39. The minimum atomic E-state index is -0.476. The van der Waals surface area contributed by atoms with Crippen LogP contribution in [0.25, 0.3) is 0 Å². The van der Waals surface area contributed by atoms with Crippen molar-refractivity contribution in [3.05, 3.63) is 17.8 Å². The van der Waals surface area contributed by atoms with E-state index >= 15 is 0 Å². The Bertz CT molecular complexity index is 460. The van der Waals surface area contributed by atoms with E-state index in [1.807, 2.05) is 0 Å². The van der Waals surface area contributed by atoms with Crippen molar-refractivity contribution in [1.29, 1.82) is 0 Å². The van der Waals surface area contributed by atoms with E-state index in [0.29, 0.717) is 28.9 Å². The summed E-state index contributed by atoms with van der Waals surface area (Å²) < 4.78 is 0. The van der Waals surface area contributed by atoms with Gasteiger partial charge in [-0.1, -0.05) is 13.8 Å². The Balaban J connectivity index is 2.30. The molecule has 1 aliphatic heterocycles. The molecule has 0 radical (unpaired) electrons. The second kappa shape index (κ2) is 4.84. The van der Waals surface area contributed by atoms with Gasteiger partial charge >= 0.3 is 0 Å². The van der Waals surface area contributed by atoms with Crippen LogP contribution in [0.2, 0.25) is 0 Å². The highest BCUT2D eigenvalue weighted by Crippen LogP contribution is 2.28. The van der Waals surface area contributed by atoms with Crippen LogP contribution in [-0.2, 0) is 0 Å². The molecule has 5 nitrogen and oxygen atoms in total. The number of anilines is 2. The van der Waals surface area contributed by atoms with Gasteiger partial charge in [-0.2, -0.15) is 0 Å². The van der Waals surface area contributed by atoms with Crippen molar-refractivity contribution >= 4 is 17.4 Å². The van der Waals surface area contributed by atoms with Gasteiger partial charge in [0.2, 0.25) is 0 Å². The summed E-state index contributed by atoms with van der Waals surface area (Å²) in [5.41, 5.74) is 11.9. The van der Waals surface area contributed by atoms with Crippen molar-refractivity contribution in [2.75, 3.05) is 23.7 Å². The van der Waals surface area contributed by atoms with E-state index in [1.165, 1.54) is 0 Å². The van der Waals surface area contributed by atoms with Gasteiger partial charge in [-0.3, -0.25) is 4.79 Å². The van der Waals surface area contributed by atoms with Crippen LogP contribution in [0.4, 0.5) is 11.5 Å². The highest BCUT2D eigenvalue weighted by molar-refractivity contribution is 5.98. The molecule has 1 aliphatic rings. The number of nitrogen functional groups attached to an aromatic ring is 1. The molecule has 1 amide bonds. The number of pyridine rings is 1. The van der Waals surface area contributed by atoms with E-state index in [0.717, 1.165) is 19.5 Å². The highest BCUT2D eigenvalue weighted by atomic mass is 16.1. The molecule has 1 aromatic heterocycles. The number of piperidine rings is 1. The van der Waals surface area contributed by atoms with Gasteiger partial charge in [0.1, 0.15) is 5.82 Å². The monoisotopic (exact) mass is 248 g/mol. The van der Waals surface area contributed by atoms with E-state index < -0.39 is 5.91 Å². The molecule has 0 bridgehead atoms. The van der Waals surface area contributed by atoms with E-state index in [2.05, 4.69) is 23.7 Å². The minimum absolute atomic E-state index is 0.414. The van der Waals surface area contributed by atoms with Crippen molar-refractivity contribution in [3.8, 4) is 0 Å². The molecule has 98 valence electrons. The normalized spacial score (nSPS) is 24.0. The summed E-state index contributed by atoms with van der Waals surface area (Å²) in [6.45, 7) is 6.28. The number of nitrogens with two attached hydrogens (primary N) is 2. The van der Waals surface area contributed by atoms with E-state index in [1.54, 1.807) is 12.3 Å². The van der Waals surface area contributed by atoms with Crippen LogP contribution in [0.5, 0.6) is 0 Å². The first kappa shape index (κ1) is 12.7. The lowest BCUT2D eigenvalue weighted by Gasteiger charge is -2.36. The molecule has 2 atom stereocenters. The lowest BCUT2D eigenvalue weighted by Crippen LogP contribution is -2.40. The number of primary amides is 1. The van der Waals surface area contributed by atoms with Crippen molar-refractivity contribution in [2.45, 2.75) is 20.3 Å². The molecule has 0 aliphatic carbocycles. The molecule has 5 heteroatoms. The predicted molar refractivity (Wildman–Crippen MR) is 72.3 cm³/mol.